The summed E-state index contributed by atoms with van der Waals surface area (Å²) in [4.78, 5) is 23.5. The van der Waals surface area contributed by atoms with Crippen molar-refractivity contribution in [3.63, 3.8) is 0 Å². The molecule has 0 unspecified atom stereocenters. The highest BCUT2D eigenvalue weighted by Crippen LogP contribution is 2.10. The Balaban J connectivity index is 2.56. The lowest BCUT2D eigenvalue weighted by molar-refractivity contribution is -0.137. The van der Waals surface area contributed by atoms with Crippen molar-refractivity contribution in [1.82, 2.24) is 0 Å². The minimum atomic E-state index is -0.280. The van der Waals surface area contributed by atoms with Crippen LogP contribution in [0.4, 0.5) is 0 Å². The van der Waals surface area contributed by atoms with Gasteiger partial charge in [-0.25, -0.2) is 0 Å². The highest BCUT2D eigenvalue weighted by atomic mass is 32.1. The first-order chi connectivity index (χ1) is 6.11. The molecule has 0 N–H and O–H groups in total. The van der Waals surface area contributed by atoms with E-state index in [0.29, 0.717) is 0 Å². The molecule has 0 spiro atoms. The van der Waals surface area contributed by atoms with Gasteiger partial charge in [0.15, 0.2) is 0 Å². The van der Waals surface area contributed by atoms with Gasteiger partial charge in [-0.15, -0.1) is 11.3 Å². The minimum Gasteiger partial charge on any atom is -0.291 e. The zero-order valence-electron chi connectivity index (χ0n) is 7.74. The summed E-state index contributed by atoms with van der Waals surface area (Å²) in [5.74, 6) is -0.738. The molecule has 0 bridgehead atoms. The maximum atomic E-state index is 11.3. The van der Waals surface area contributed by atoms with Gasteiger partial charge in [0.25, 0.3) is 0 Å². The number of hydrogen-bond acceptors (Lipinski definition) is 3. The Kier molecular flexibility index (Phi) is 3.37. The Bertz CT molecular complexity index is 299. The molecule has 70 valence electrons. The molecule has 0 saturated heterocycles. The van der Waals surface area contributed by atoms with E-state index in [1.807, 2.05) is 17.5 Å². The zero-order chi connectivity index (χ0) is 9.84. The Labute approximate surface area is 81.6 Å². The van der Waals surface area contributed by atoms with E-state index in [0.717, 1.165) is 4.88 Å². The molecule has 0 atom stereocenters. The maximum absolute atomic E-state index is 11.3. The second-order valence-corrected chi connectivity index (χ2v) is 4.23. The van der Waals surface area contributed by atoms with Gasteiger partial charge in [-0.05, 0) is 11.4 Å². The van der Waals surface area contributed by atoms with E-state index in [1.165, 1.54) is 11.3 Å². The quantitative estimate of drug-likeness (QED) is 0.691. The zero-order valence-corrected chi connectivity index (χ0v) is 8.56. The van der Waals surface area contributed by atoms with Crippen LogP contribution in [0.5, 0.6) is 0 Å². The molecule has 0 aliphatic heterocycles. The molecule has 1 rings (SSSR count). The first-order valence-corrected chi connectivity index (χ1v) is 5.08. The fourth-order valence-corrected chi connectivity index (χ4v) is 1.68. The van der Waals surface area contributed by atoms with Gasteiger partial charge in [-0.2, -0.15) is 0 Å². The molecule has 0 saturated carbocycles. The van der Waals surface area contributed by atoms with Gasteiger partial charge in [0.2, 0.25) is 11.6 Å². The van der Waals surface area contributed by atoms with Gasteiger partial charge in [0.1, 0.15) is 0 Å². The molecule has 0 fully saturated rings. The minimum absolute atomic E-state index is 0.188. The van der Waals surface area contributed by atoms with Gasteiger partial charge in [0.05, 0.1) is 0 Å². The maximum Gasteiger partial charge on any atom is 0.203 e. The van der Waals surface area contributed by atoms with Crippen molar-refractivity contribution < 1.29 is 9.59 Å². The Hall–Kier alpha value is -0.960. The summed E-state index contributed by atoms with van der Waals surface area (Å²) in [6.07, 6.45) is 0.259. The standard InChI is InChI=1S/C10H12O2S/c1-7(2)10(12)9(11)6-8-4-3-5-13-8/h3-5,7H,6H2,1-2H3. The van der Waals surface area contributed by atoms with E-state index < -0.39 is 0 Å². The molecular formula is C10H12O2S. The first-order valence-electron chi connectivity index (χ1n) is 4.20. The van der Waals surface area contributed by atoms with Crippen molar-refractivity contribution in [2.24, 2.45) is 5.92 Å². The topological polar surface area (TPSA) is 34.1 Å². The first kappa shape index (κ1) is 10.1. The van der Waals surface area contributed by atoms with Crippen LogP contribution in [0.3, 0.4) is 0 Å². The molecule has 1 aromatic rings. The van der Waals surface area contributed by atoms with E-state index >= 15 is 0 Å². The average molecular weight is 196 g/mol. The second-order valence-electron chi connectivity index (χ2n) is 3.20. The van der Waals surface area contributed by atoms with Crippen molar-refractivity contribution >= 4 is 22.9 Å². The summed E-state index contributed by atoms with van der Waals surface area (Å²) in [5, 5.41) is 1.91. The number of thiophene rings is 1. The van der Waals surface area contributed by atoms with Gasteiger partial charge >= 0.3 is 0 Å². The predicted octanol–water partition coefficient (Wildman–Crippen LogP) is 2.08. The summed E-state index contributed by atoms with van der Waals surface area (Å²) >= 11 is 1.51. The number of hydrogen-bond donors (Lipinski definition) is 0. The van der Waals surface area contributed by atoms with E-state index in [-0.39, 0.29) is 23.9 Å². The molecule has 3 heteroatoms. The highest BCUT2D eigenvalue weighted by molar-refractivity contribution is 7.10. The van der Waals surface area contributed by atoms with Crippen LogP contribution in [0.2, 0.25) is 0 Å². The summed E-state index contributed by atoms with van der Waals surface area (Å²) in [5.41, 5.74) is 0. The molecule has 0 aliphatic rings. The fraction of sp³-hybridized carbons (Fsp3) is 0.400. The van der Waals surface area contributed by atoms with Crippen molar-refractivity contribution in [3.8, 4) is 0 Å². The predicted molar refractivity (Wildman–Crippen MR) is 52.9 cm³/mol. The summed E-state index contributed by atoms with van der Waals surface area (Å²) < 4.78 is 0. The molecule has 0 amide bonds. The van der Waals surface area contributed by atoms with Gasteiger partial charge in [0, 0.05) is 17.2 Å². The van der Waals surface area contributed by atoms with Crippen LogP contribution in [0.15, 0.2) is 17.5 Å². The summed E-state index contributed by atoms with van der Waals surface area (Å²) in [6.45, 7) is 3.49. The summed E-state index contributed by atoms with van der Waals surface area (Å²) in [7, 11) is 0. The van der Waals surface area contributed by atoms with Gasteiger partial charge in [-0.3, -0.25) is 9.59 Å². The second kappa shape index (κ2) is 4.33. The molecule has 1 aromatic heterocycles. The van der Waals surface area contributed by atoms with E-state index in [1.54, 1.807) is 13.8 Å². The number of carbonyl (C=O) groups excluding carboxylic acids is 2. The molecule has 13 heavy (non-hydrogen) atoms. The third-order valence-corrected chi connectivity index (χ3v) is 2.59. The third-order valence-electron chi connectivity index (χ3n) is 1.71. The van der Waals surface area contributed by atoms with Gasteiger partial charge in [-0.1, -0.05) is 19.9 Å². The Morgan fingerprint density at radius 3 is 2.62 bits per heavy atom. The highest BCUT2D eigenvalue weighted by Gasteiger charge is 2.17. The fourth-order valence-electron chi connectivity index (χ4n) is 0.981. The summed E-state index contributed by atoms with van der Waals surface area (Å²) in [6, 6.07) is 3.75. The van der Waals surface area contributed by atoms with Crippen LogP contribution in [0, 0.1) is 5.92 Å². The lowest BCUT2D eigenvalue weighted by Crippen LogP contribution is -2.21. The Morgan fingerprint density at radius 1 is 1.46 bits per heavy atom. The van der Waals surface area contributed by atoms with Crippen LogP contribution in [-0.2, 0) is 16.0 Å². The average Bonchev–Trinajstić information content (AvgIpc) is 2.55. The normalized spacial score (nSPS) is 10.4. The van der Waals surface area contributed by atoms with Crippen molar-refractivity contribution in [3.05, 3.63) is 22.4 Å². The van der Waals surface area contributed by atoms with Crippen LogP contribution in [0.1, 0.15) is 18.7 Å². The number of carbonyl (C=O) groups is 2. The Morgan fingerprint density at radius 2 is 2.15 bits per heavy atom. The van der Waals surface area contributed by atoms with Crippen molar-refractivity contribution in [2.75, 3.05) is 0 Å². The molecule has 2 nitrogen and oxygen atoms in total. The smallest absolute Gasteiger partial charge is 0.203 e. The van der Waals surface area contributed by atoms with Crippen LogP contribution < -0.4 is 0 Å². The molecule has 1 heterocycles. The molecule has 0 aromatic carbocycles. The van der Waals surface area contributed by atoms with Crippen LogP contribution in [-0.4, -0.2) is 11.6 Å². The molecular weight excluding hydrogens is 184 g/mol. The third kappa shape index (κ3) is 2.77. The van der Waals surface area contributed by atoms with E-state index in [9.17, 15) is 9.59 Å². The van der Waals surface area contributed by atoms with Crippen LogP contribution >= 0.6 is 11.3 Å². The largest absolute Gasteiger partial charge is 0.291 e. The molecule has 0 aliphatic carbocycles. The van der Waals surface area contributed by atoms with E-state index in [4.69, 9.17) is 0 Å². The van der Waals surface area contributed by atoms with Gasteiger partial charge < -0.3 is 0 Å². The lowest BCUT2D eigenvalue weighted by atomic mass is 10.0. The number of Topliss-reactive ketones (excluding diaryl/α,β-unsaturated/α-hetero) is 2. The number of rotatable bonds is 4. The monoisotopic (exact) mass is 196 g/mol. The SMILES string of the molecule is CC(C)C(=O)C(=O)Cc1cccs1. The van der Waals surface area contributed by atoms with Crippen molar-refractivity contribution in [2.45, 2.75) is 20.3 Å². The van der Waals surface area contributed by atoms with Crippen molar-refractivity contribution in [1.29, 1.82) is 0 Å². The molecule has 0 radical (unpaired) electrons. The van der Waals surface area contributed by atoms with Crippen LogP contribution in [0.25, 0.3) is 0 Å². The lowest BCUT2D eigenvalue weighted by Gasteiger charge is -2.00. The number of ketones is 2. The van der Waals surface area contributed by atoms with E-state index in [2.05, 4.69) is 0 Å².